The lowest BCUT2D eigenvalue weighted by Crippen LogP contribution is -2.59. The summed E-state index contributed by atoms with van der Waals surface area (Å²) >= 11 is 13.9. The maximum absolute atomic E-state index is 11.5. The van der Waals surface area contributed by atoms with Crippen LogP contribution in [0.3, 0.4) is 0 Å². The Kier molecular flexibility index (Phi) is 7.82. The van der Waals surface area contributed by atoms with Crippen LogP contribution in [0.5, 0.6) is 0 Å². The van der Waals surface area contributed by atoms with E-state index in [1.807, 2.05) is 24.3 Å². The van der Waals surface area contributed by atoms with E-state index in [1.165, 1.54) is 11.1 Å². The summed E-state index contributed by atoms with van der Waals surface area (Å²) in [5.74, 6) is 0. The fourth-order valence-electron chi connectivity index (χ4n) is 3.89. The highest BCUT2D eigenvalue weighted by atomic mass is 35.5. The largest absolute Gasteiger partial charge is 0.372 e. The third-order valence-corrected chi connectivity index (χ3v) is 7.20. The molecule has 1 aromatic heterocycles. The second-order valence-corrected chi connectivity index (χ2v) is 9.90. The Morgan fingerprint density at radius 1 is 1.13 bits per heavy atom. The molecule has 4 rings (SSSR count). The molecule has 2 N–H and O–H groups in total. The molecule has 1 saturated heterocycles. The van der Waals surface area contributed by atoms with Crippen molar-refractivity contribution in [2.24, 2.45) is 0 Å². The summed E-state index contributed by atoms with van der Waals surface area (Å²) in [5, 5.41) is 17.1. The van der Waals surface area contributed by atoms with Crippen LogP contribution in [0.25, 0.3) is 10.2 Å². The van der Waals surface area contributed by atoms with Gasteiger partial charge in [0.2, 0.25) is 0 Å². The molecule has 1 atom stereocenters. The normalized spacial score (nSPS) is 17.1. The van der Waals surface area contributed by atoms with Crippen LogP contribution in [-0.2, 0) is 17.9 Å². The van der Waals surface area contributed by atoms with Crippen molar-refractivity contribution in [3.05, 3.63) is 63.1 Å². The number of ether oxygens (including phenoxy) is 1. The van der Waals surface area contributed by atoms with E-state index < -0.39 is 5.72 Å². The molecule has 0 amide bonds. The molecule has 1 unspecified atom stereocenters. The maximum atomic E-state index is 11.5. The van der Waals surface area contributed by atoms with Crippen molar-refractivity contribution in [3.63, 3.8) is 0 Å². The lowest BCUT2D eigenvalue weighted by Gasteiger charge is -2.41. The molecule has 31 heavy (non-hydrogen) atoms. The van der Waals surface area contributed by atoms with Crippen LogP contribution in [0, 0.1) is 0 Å². The van der Waals surface area contributed by atoms with Crippen LogP contribution in [0.2, 0.25) is 10.0 Å². The number of benzene rings is 2. The second kappa shape index (κ2) is 10.6. The number of hydrogen-bond acceptors (Lipinski definition) is 6. The number of nitrogens with one attached hydrogen (secondary N) is 1. The Hall–Kier alpha value is -1.25. The number of halogens is 2. The predicted molar refractivity (Wildman–Crippen MR) is 128 cm³/mol. The third-order valence-electron chi connectivity index (χ3n) is 5.57. The molecule has 3 aromatic rings. The molecule has 166 valence electrons. The van der Waals surface area contributed by atoms with E-state index in [4.69, 9.17) is 27.9 Å². The van der Waals surface area contributed by atoms with Gasteiger partial charge >= 0.3 is 0 Å². The monoisotopic (exact) mass is 479 g/mol. The van der Waals surface area contributed by atoms with Gasteiger partial charge in [0.15, 0.2) is 5.72 Å². The maximum Gasteiger partial charge on any atom is 0.154 e. The van der Waals surface area contributed by atoms with Crippen LogP contribution in [0.1, 0.15) is 29.8 Å². The number of aromatic nitrogens is 1. The summed E-state index contributed by atoms with van der Waals surface area (Å²) in [6, 6.07) is 13.5. The first-order chi connectivity index (χ1) is 15.0. The van der Waals surface area contributed by atoms with Crippen LogP contribution in [0.4, 0.5) is 0 Å². The van der Waals surface area contributed by atoms with Gasteiger partial charge in [0, 0.05) is 36.2 Å². The number of rotatable bonds is 9. The van der Waals surface area contributed by atoms with Crippen molar-refractivity contribution in [1.82, 2.24) is 15.2 Å². The minimum absolute atomic E-state index is 0.193. The van der Waals surface area contributed by atoms with E-state index in [2.05, 4.69) is 21.3 Å². The van der Waals surface area contributed by atoms with Crippen LogP contribution < -0.4 is 5.32 Å². The standard InChI is InChI=1S/C23H27Cl2N3O2S/c24-18-9-8-17(19(25)12-18)14-30-16-23(29,28-10-4-1-5-11-28)15-26-13-22-27-20-6-2-3-7-21(20)31-22/h2-3,6-9,12,26,29H,1,4-5,10-11,13-16H2. The van der Waals surface area contributed by atoms with Crippen LogP contribution >= 0.6 is 34.5 Å². The first kappa shape index (κ1) is 22.9. The number of thiazole rings is 1. The van der Waals surface area contributed by atoms with Gasteiger partial charge in [-0.2, -0.15) is 0 Å². The van der Waals surface area contributed by atoms with E-state index in [9.17, 15) is 5.11 Å². The summed E-state index contributed by atoms with van der Waals surface area (Å²) in [7, 11) is 0. The molecule has 0 spiro atoms. The summed E-state index contributed by atoms with van der Waals surface area (Å²) in [5.41, 5.74) is 0.781. The van der Waals surface area contributed by atoms with E-state index in [-0.39, 0.29) is 6.61 Å². The summed E-state index contributed by atoms with van der Waals surface area (Å²) < 4.78 is 7.11. The molecular weight excluding hydrogens is 453 g/mol. The fourth-order valence-corrected chi connectivity index (χ4v) is 5.29. The molecule has 1 aliphatic rings. The third kappa shape index (κ3) is 5.96. The zero-order valence-electron chi connectivity index (χ0n) is 17.3. The molecule has 0 aliphatic carbocycles. The highest BCUT2D eigenvalue weighted by Crippen LogP contribution is 2.24. The molecule has 1 fully saturated rings. The van der Waals surface area contributed by atoms with Crippen molar-refractivity contribution in [3.8, 4) is 0 Å². The quantitative estimate of drug-likeness (QED) is 0.447. The summed E-state index contributed by atoms with van der Waals surface area (Å²) in [6.07, 6.45) is 3.37. The highest BCUT2D eigenvalue weighted by Gasteiger charge is 2.35. The van der Waals surface area contributed by atoms with Gasteiger partial charge in [-0.15, -0.1) is 11.3 Å². The van der Waals surface area contributed by atoms with Gasteiger partial charge in [-0.05, 0) is 42.7 Å². The van der Waals surface area contributed by atoms with E-state index in [0.29, 0.717) is 29.7 Å². The first-order valence-corrected chi connectivity index (χ1v) is 12.1. The fraction of sp³-hybridized carbons (Fsp3) is 0.435. The highest BCUT2D eigenvalue weighted by molar-refractivity contribution is 7.18. The topological polar surface area (TPSA) is 57.6 Å². The number of fused-ring (bicyclic) bond motifs is 1. The SMILES string of the molecule is OC(CNCc1nc2ccccc2s1)(COCc1ccc(Cl)cc1Cl)N1CCCCC1. The lowest BCUT2D eigenvalue weighted by molar-refractivity contribution is -0.158. The summed E-state index contributed by atoms with van der Waals surface area (Å²) in [4.78, 5) is 6.80. The Bertz CT molecular complexity index is 976. The van der Waals surface area contributed by atoms with E-state index in [0.717, 1.165) is 42.0 Å². The van der Waals surface area contributed by atoms with Crippen molar-refractivity contribution in [1.29, 1.82) is 0 Å². The predicted octanol–water partition coefficient (Wildman–Crippen LogP) is 5.08. The van der Waals surface area contributed by atoms with E-state index >= 15 is 0 Å². The van der Waals surface area contributed by atoms with Gasteiger partial charge in [-0.1, -0.05) is 47.8 Å². The average molecular weight is 480 g/mol. The van der Waals surface area contributed by atoms with E-state index in [1.54, 1.807) is 23.5 Å². The van der Waals surface area contributed by atoms with Gasteiger partial charge < -0.3 is 15.2 Å². The Balaban J connectivity index is 1.37. The zero-order chi connectivity index (χ0) is 21.7. The molecule has 0 saturated carbocycles. The molecule has 0 bridgehead atoms. The average Bonchev–Trinajstić information content (AvgIpc) is 3.19. The molecule has 2 heterocycles. The minimum Gasteiger partial charge on any atom is -0.372 e. The molecule has 0 radical (unpaired) electrons. The number of aliphatic hydroxyl groups is 1. The van der Waals surface area contributed by atoms with Crippen LogP contribution in [-0.4, -0.2) is 47.0 Å². The number of para-hydroxylation sites is 1. The first-order valence-electron chi connectivity index (χ1n) is 10.6. The molecule has 2 aromatic carbocycles. The van der Waals surface area contributed by atoms with Crippen LogP contribution in [0.15, 0.2) is 42.5 Å². The van der Waals surface area contributed by atoms with Gasteiger partial charge in [0.1, 0.15) is 5.01 Å². The Labute approximate surface area is 196 Å². The number of nitrogens with zero attached hydrogens (tertiary/aromatic N) is 2. The zero-order valence-corrected chi connectivity index (χ0v) is 19.6. The molecule has 8 heteroatoms. The number of hydrogen-bond donors (Lipinski definition) is 2. The van der Waals surface area contributed by atoms with Crippen molar-refractivity contribution < 1.29 is 9.84 Å². The molecular formula is C23H27Cl2N3O2S. The van der Waals surface area contributed by atoms with Crippen molar-refractivity contribution in [2.75, 3.05) is 26.2 Å². The number of piperidine rings is 1. The van der Waals surface area contributed by atoms with Gasteiger partial charge in [-0.3, -0.25) is 4.90 Å². The Morgan fingerprint density at radius 3 is 2.71 bits per heavy atom. The Morgan fingerprint density at radius 2 is 1.94 bits per heavy atom. The molecule has 5 nitrogen and oxygen atoms in total. The van der Waals surface area contributed by atoms with Crippen molar-refractivity contribution in [2.45, 2.75) is 38.1 Å². The van der Waals surface area contributed by atoms with Gasteiger partial charge in [0.05, 0.1) is 23.4 Å². The number of likely N-dealkylation sites (tertiary alicyclic amines) is 1. The lowest BCUT2D eigenvalue weighted by atomic mass is 10.1. The molecule has 1 aliphatic heterocycles. The minimum atomic E-state index is -1.09. The van der Waals surface area contributed by atoms with Gasteiger partial charge in [-0.25, -0.2) is 4.98 Å². The smallest absolute Gasteiger partial charge is 0.154 e. The van der Waals surface area contributed by atoms with Gasteiger partial charge in [0.25, 0.3) is 0 Å². The van der Waals surface area contributed by atoms with Crippen molar-refractivity contribution >= 4 is 44.8 Å². The second-order valence-electron chi connectivity index (χ2n) is 7.94. The summed E-state index contributed by atoms with van der Waals surface area (Å²) in [6.45, 7) is 3.26.